The summed E-state index contributed by atoms with van der Waals surface area (Å²) < 4.78 is 17.5. The average Bonchev–Trinajstić information content (AvgIpc) is 3.28. The molecule has 0 spiro atoms. The van der Waals surface area contributed by atoms with Crippen molar-refractivity contribution in [3.63, 3.8) is 0 Å². The number of fused-ring (bicyclic) bond motifs is 2. The van der Waals surface area contributed by atoms with Crippen LogP contribution in [0.3, 0.4) is 0 Å². The van der Waals surface area contributed by atoms with Crippen molar-refractivity contribution in [3.8, 4) is 0 Å². The van der Waals surface area contributed by atoms with Crippen LogP contribution in [0.25, 0.3) is 0 Å². The molecule has 7 heteroatoms. The minimum Gasteiger partial charge on any atom is -0.381 e. The summed E-state index contributed by atoms with van der Waals surface area (Å²) in [5.41, 5.74) is 3.95. The molecule has 32 heavy (non-hydrogen) atoms. The van der Waals surface area contributed by atoms with Crippen molar-refractivity contribution in [2.45, 2.75) is 63.9 Å². The van der Waals surface area contributed by atoms with Crippen LogP contribution >= 0.6 is 0 Å². The van der Waals surface area contributed by atoms with Crippen molar-refractivity contribution >= 4 is 23.1 Å². The van der Waals surface area contributed by atoms with E-state index < -0.39 is 6.10 Å². The summed E-state index contributed by atoms with van der Waals surface area (Å²) in [5.74, 6) is 1.14. The van der Waals surface area contributed by atoms with Gasteiger partial charge in [0.25, 0.3) is 5.91 Å². The Morgan fingerprint density at radius 1 is 1.22 bits per heavy atom. The van der Waals surface area contributed by atoms with Gasteiger partial charge in [-0.25, -0.2) is 4.98 Å². The Kier molecular flexibility index (Phi) is 6.13. The van der Waals surface area contributed by atoms with Gasteiger partial charge >= 0.3 is 0 Å². The van der Waals surface area contributed by atoms with Crippen molar-refractivity contribution in [1.82, 2.24) is 4.98 Å². The lowest BCUT2D eigenvalue weighted by atomic mass is 9.97. The van der Waals surface area contributed by atoms with Crippen molar-refractivity contribution in [1.29, 1.82) is 0 Å². The fourth-order valence-electron chi connectivity index (χ4n) is 4.78. The van der Waals surface area contributed by atoms with Crippen LogP contribution in [0.15, 0.2) is 36.5 Å². The van der Waals surface area contributed by atoms with Gasteiger partial charge in [-0.1, -0.05) is 12.1 Å². The minimum absolute atomic E-state index is 0.00688. The van der Waals surface area contributed by atoms with Gasteiger partial charge in [0.2, 0.25) is 0 Å². The van der Waals surface area contributed by atoms with E-state index in [0.717, 1.165) is 48.8 Å². The molecular weight excluding hydrogens is 406 g/mol. The molecule has 0 aliphatic carbocycles. The van der Waals surface area contributed by atoms with Gasteiger partial charge < -0.3 is 24.4 Å². The Labute approximate surface area is 189 Å². The summed E-state index contributed by atoms with van der Waals surface area (Å²) >= 11 is 0. The third-order valence-corrected chi connectivity index (χ3v) is 6.43. The summed E-state index contributed by atoms with van der Waals surface area (Å²) in [6, 6.07) is 10.2. The number of amides is 1. The van der Waals surface area contributed by atoms with E-state index in [0.29, 0.717) is 25.5 Å². The Hall–Kier alpha value is -2.48. The van der Waals surface area contributed by atoms with E-state index in [1.165, 1.54) is 5.56 Å². The molecule has 3 aliphatic rings. The van der Waals surface area contributed by atoms with Crippen LogP contribution in [0.2, 0.25) is 0 Å². The highest BCUT2D eigenvalue weighted by atomic mass is 16.5. The molecule has 2 aromatic rings. The lowest BCUT2D eigenvalue weighted by molar-refractivity contribution is -0.143. The first-order chi connectivity index (χ1) is 15.6. The van der Waals surface area contributed by atoms with E-state index in [1.54, 1.807) is 6.20 Å². The van der Waals surface area contributed by atoms with Crippen molar-refractivity contribution in [2.75, 3.05) is 30.0 Å². The third-order valence-electron chi connectivity index (χ3n) is 6.43. The molecule has 3 aliphatic heterocycles. The zero-order valence-corrected chi connectivity index (χ0v) is 18.8. The van der Waals surface area contributed by atoms with Gasteiger partial charge in [-0.3, -0.25) is 4.79 Å². The maximum absolute atomic E-state index is 13.7. The molecule has 7 nitrogen and oxygen atoms in total. The zero-order chi connectivity index (χ0) is 22.1. The highest BCUT2D eigenvalue weighted by molar-refractivity contribution is 6.01. The van der Waals surface area contributed by atoms with Gasteiger partial charge in [0.15, 0.2) is 0 Å². The van der Waals surface area contributed by atoms with Gasteiger partial charge in [-0.05, 0) is 56.9 Å². The van der Waals surface area contributed by atoms with Crippen LogP contribution in [0.1, 0.15) is 50.2 Å². The number of nitrogens with zero attached hydrogens (tertiary/aromatic N) is 2. The molecule has 0 saturated carbocycles. The number of ether oxygens (including phenoxy) is 3. The summed E-state index contributed by atoms with van der Waals surface area (Å²) in [6.45, 7) is 6.47. The first kappa shape index (κ1) is 21.4. The van der Waals surface area contributed by atoms with Gasteiger partial charge in [0.05, 0.1) is 43.3 Å². The lowest BCUT2D eigenvalue weighted by Gasteiger charge is -2.33. The number of rotatable bonds is 4. The predicted octanol–water partition coefficient (Wildman–Crippen LogP) is 4.15. The second kappa shape index (κ2) is 9.17. The molecule has 2 fully saturated rings. The topological polar surface area (TPSA) is 72.9 Å². The molecule has 0 bridgehead atoms. The van der Waals surface area contributed by atoms with E-state index in [-0.39, 0.29) is 18.1 Å². The molecule has 1 amide bonds. The van der Waals surface area contributed by atoms with Crippen LogP contribution in [-0.2, 0) is 25.5 Å². The quantitative estimate of drug-likeness (QED) is 0.775. The molecule has 1 N–H and O–H groups in total. The molecule has 2 saturated heterocycles. The lowest BCUT2D eigenvalue weighted by Crippen LogP contribution is -2.44. The number of aromatic nitrogens is 1. The molecule has 3 atom stereocenters. The molecule has 4 heterocycles. The Morgan fingerprint density at radius 2 is 2.12 bits per heavy atom. The number of carbonyl (C=O) groups excluding carboxylic acids is 1. The number of pyridine rings is 1. The number of nitrogens with one attached hydrogen (secondary N) is 1. The number of carbonyl (C=O) groups is 1. The van der Waals surface area contributed by atoms with Gasteiger partial charge in [0.1, 0.15) is 11.9 Å². The summed E-state index contributed by atoms with van der Waals surface area (Å²) in [7, 11) is 0. The van der Waals surface area contributed by atoms with Gasteiger partial charge in [-0.2, -0.15) is 0 Å². The molecular formula is C25H31N3O4. The number of hydrogen-bond acceptors (Lipinski definition) is 6. The zero-order valence-electron chi connectivity index (χ0n) is 18.8. The summed E-state index contributed by atoms with van der Waals surface area (Å²) in [4.78, 5) is 20.1. The Bertz CT molecular complexity index is 965. The molecule has 0 radical (unpaired) electrons. The third kappa shape index (κ3) is 4.37. The second-order valence-corrected chi connectivity index (χ2v) is 9.10. The van der Waals surface area contributed by atoms with Crippen molar-refractivity contribution < 1.29 is 19.0 Å². The number of hydrogen-bond donors (Lipinski definition) is 1. The Balaban J connectivity index is 1.44. The van der Waals surface area contributed by atoms with Crippen LogP contribution < -0.4 is 10.2 Å². The van der Waals surface area contributed by atoms with Crippen LogP contribution in [0.4, 0.5) is 17.2 Å². The van der Waals surface area contributed by atoms with Crippen LogP contribution in [0.5, 0.6) is 0 Å². The maximum atomic E-state index is 13.7. The monoisotopic (exact) mass is 437 g/mol. The Morgan fingerprint density at radius 3 is 2.88 bits per heavy atom. The van der Waals surface area contributed by atoms with E-state index in [4.69, 9.17) is 14.2 Å². The molecule has 5 rings (SSSR count). The average molecular weight is 438 g/mol. The van der Waals surface area contributed by atoms with Crippen molar-refractivity contribution in [2.24, 2.45) is 0 Å². The SMILES string of the molecule is CC(C)O[C@H]1CC[C@H](C(=O)N2Cc3cccnc3Nc3ccc(C4CCOC4)cc32)OC1. The fraction of sp³-hybridized carbons (Fsp3) is 0.520. The van der Waals surface area contributed by atoms with E-state index in [9.17, 15) is 4.79 Å². The van der Waals surface area contributed by atoms with E-state index in [2.05, 4.69) is 28.5 Å². The summed E-state index contributed by atoms with van der Waals surface area (Å²) in [6.07, 6.45) is 4.00. The van der Waals surface area contributed by atoms with Crippen LogP contribution in [0, 0.1) is 0 Å². The molecule has 170 valence electrons. The molecule has 1 aromatic heterocycles. The highest BCUT2D eigenvalue weighted by Crippen LogP contribution is 2.39. The van der Waals surface area contributed by atoms with Gasteiger partial charge in [0, 0.05) is 24.3 Å². The van der Waals surface area contributed by atoms with E-state index >= 15 is 0 Å². The smallest absolute Gasteiger partial charge is 0.256 e. The van der Waals surface area contributed by atoms with Gasteiger partial charge in [-0.15, -0.1) is 0 Å². The number of benzene rings is 1. The second-order valence-electron chi connectivity index (χ2n) is 9.10. The van der Waals surface area contributed by atoms with E-state index in [1.807, 2.05) is 30.9 Å². The largest absolute Gasteiger partial charge is 0.381 e. The molecule has 1 unspecified atom stereocenters. The summed E-state index contributed by atoms with van der Waals surface area (Å²) in [5, 5.41) is 3.44. The first-order valence-corrected chi connectivity index (χ1v) is 11.6. The van der Waals surface area contributed by atoms with Crippen molar-refractivity contribution in [3.05, 3.63) is 47.7 Å². The highest BCUT2D eigenvalue weighted by Gasteiger charge is 2.34. The first-order valence-electron chi connectivity index (χ1n) is 11.6. The molecule has 1 aromatic carbocycles. The standard InChI is InChI=1S/C25H31N3O4/c1-16(2)32-20-6-8-23(31-15-20)25(29)28-13-18-4-3-10-26-24(18)27-21-7-5-17(12-22(21)28)19-9-11-30-14-19/h3-5,7,10,12,16,19-20,23H,6,8-9,11,13-15H2,1-2H3,(H,26,27)/t19?,20-,23+/m0/s1. The normalized spacial score (nSPS) is 25.1. The maximum Gasteiger partial charge on any atom is 0.256 e. The minimum atomic E-state index is -0.466. The fourth-order valence-corrected chi connectivity index (χ4v) is 4.78. The number of anilines is 3. The predicted molar refractivity (Wildman–Crippen MR) is 122 cm³/mol. The van der Waals surface area contributed by atoms with Crippen LogP contribution in [-0.4, -0.2) is 49.0 Å².